The van der Waals surface area contributed by atoms with Crippen LogP contribution in [-0.4, -0.2) is 16.0 Å². The topological polar surface area (TPSA) is 78.9 Å². The fraction of sp³-hybridized carbons (Fsp3) is 0.0870. The summed E-state index contributed by atoms with van der Waals surface area (Å²) in [7, 11) is 0. The number of aromatic nitrogens is 2. The second-order valence-electron chi connectivity index (χ2n) is 6.74. The maximum atomic E-state index is 12.2. The van der Waals surface area contributed by atoms with Gasteiger partial charge in [0.15, 0.2) is 0 Å². The van der Waals surface area contributed by atoms with Crippen LogP contribution in [0.3, 0.4) is 0 Å². The third-order valence-electron chi connectivity index (χ3n) is 4.50. The number of para-hydroxylation sites is 1. The number of fused-ring (bicyclic) bond motifs is 1. The van der Waals surface area contributed by atoms with Gasteiger partial charge in [-0.3, -0.25) is 0 Å². The second-order valence-corrected chi connectivity index (χ2v) is 6.74. The summed E-state index contributed by atoms with van der Waals surface area (Å²) in [5.41, 5.74) is 4.55. The first-order valence-corrected chi connectivity index (χ1v) is 9.34. The third kappa shape index (κ3) is 4.68. The van der Waals surface area contributed by atoms with E-state index in [0.717, 1.165) is 39.2 Å². The molecule has 144 valence electrons. The summed E-state index contributed by atoms with van der Waals surface area (Å²) >= 11 is 0. The van der Waals surface area contributed by atoms with E-state index >= 15 is 0 Å². The second kappa shape index (κ2) is 8.39. The molecular formula is C23H21N5O. The molecule has 3 N–H and O–H groups in total. The number of rotatable bonds is 5. The van der Waals surface area contributed by atoms with Crippen LogP contribution in [0, 0.1) is 6.92 Å². The first-order chi connectivity index (χ1) is 14.2. The molecule has 0 spiro atoms. The van der Waals surface area contributed by atoms with Gasteiger partial charge in [-0.2, -0.15) is 0 Å². The van der Waals surface area contributed by atoms with Gasteiger partial charge in [0, 0.05) is 23.3 Å². The molecular weight excluding hydrogens is 362 g/mol. The van der Waals surface area contributed by atoms with Crippen LogP contribution >= 0.6 is 0 Å². The van der Waals surface area contributed by atoms with E-state index in [2.05, 4.69) is 25.9 Å². The largest absolute Gasteiger partial charge is 0.365 e. The van der Waals surface area contributed by atoms with Crippen LogP contribution in [0.4, 0.5) is 22.0 Å². The standard InChI is InChI=1S/C23H21N5O/c1-16-9-11-18(12-10-16)27-23(29)28-19-6-4-5-17(13-19)14-24-22-20-7-2-3-8-21(20)25-15-26-22/h2-13,15H,14H2,1H3,(H,24,25,26)(H2,27,28,29). The van der Waals surface area contributed by atoms with Gasteiger partial charge < -0.3 is 16.0 Å². The van der Waals surface area contributed by atoms with Gasteiger partial charge in [0.05, 0.1) is 5.52 Å². The Bertz CT molecular complexity index is 1140. The van der Waals surface area contributed by atoms with Crippen molar-refractivity contribution >= 4 is 34.1 Å². The monoisotopic (exact) mass is 383 g/mol. The van der Waals surface area contributed by atoms with Crippen LogP contribution < -0.4 is 16.0 Å². The zero-order valence-corrected chi connectivity index (χ0v) is 16.0. The molecule has 0 saturated carbocycles. The zero-order chi connectivity index (χ0) is 20.1. The number of hydrogen-bond acceptors (Lipinski definition) is 4. The number of amides is 2. The van der Waals surface area contributed by atoms with Crippen molar-refractivity contribution in [2.75, 3.05) is 16.0 Å². The maximum Gasteiger partial charge on any atom is 0.323 e. The number of nitrogens with one attached hydrogen (secondary N) is 3. The van der Waals surface area contributed by atoms with Gasteiger partial charge in [-0.05, 0) is 48.9 Å². The highest BCUT2D eigenvalue weighted by Crippen LogP contribution is 2.20. The molecule has 1 aromatic heterocycles. The van der Waals surface area contributed by atoms with Crippen molar-refractivity contribution in [3.05, 3.63) is 90.3 Å². The van der Waals surface area contributed by atoms with Gasteiger partial charge in [-0.15, -0.1) is 0 Å². The summed E-state index contributed by atoms with van der Waals surface area (Å²) < 4.78 is 0. The highest BCUT2D eigenvalue weighted by molar-refractivity contribution is 5.99. The van der Waals surface area contributed by atoms with Crippen LogP contribution in [0.15, 0.2) is 79.1 Å². The van der Waals surface area contributed by atoms with Crippen LogP contribution in [-0.2, 0) is 6.54 Å². The number of hydrogen-bond donors (Lipinski definition) is 3. The Balaban J connectivity index is 1.40. The lowest BCUT2D eigenvalue weighted by Gasteiger charge is -2.11. The van der Waals surface area contributed by atoms with Crippen molar-refractivity contribution < 1.29 is 4.79 Å². The molecule has 0 bridgehead atoms. The van der Waals surface area contributed by atoms with E-state index in [9.17, 15) is 4.79 Å². The number of anilines is 3. The number of aryl methyl sites for hydroxylation is 1. The highest BCUT2D eigenvalue weighted by atomic mass is 16.2. The lowest BCUT2D eigenvalue weighted by atomic mass is 10.2. The Kier molecular flexibility index (Phi) is 5.33. The Morgan fingerprint density at radius 3 is 2.52 bits per heavy atom. The smallest absolute Gasteiger partial charge is 0.323 e. The predicted molar refractivity (Wildman–Crippen MR) is 117 cm³/mol. The van der Waals surface area contributed by atoms with Crippen LogP contribution in [0.5, 0.6) is 0 Å². The predicted octanol–water partition coefficient (Wildman–Crippen LogP) is 5.19. The Morgan fingerprint density at radius 2 is 1.66 bits per heavy atom. The molecule has 0 aliphatic heterocycles. The highest BCUT2D eigenvalue weighted by Gasteiger charge is 2.05. The van der Waals surface area contributed by atoms with Crippen molar-refractivity contribution in [2.45, 2.75) is 13.5 Å². The Hall–Kier alpha value is -3.93. The first-order valence-electron chi connectivity index (χ1n) is 9.34. The summed E-state index contributed by atoms with van der Waals surface area (Å²) in [6.45, 7) is 2.59. The molecule has 29 heavy (non-hydrogen) atoms. The van der Waals surface area contributed by atoms with Gasteiger partial charge in [-0.1, -0.05) is 42.0 Å². The average molecular weight is 383 g/mol. The van der Waals surface area contributed by atoms with Gasteiger partial charge in [0.1, 0.15) is 12.1 Å². The normalized spacial score (nSPS) is 10.5. The van der Waals surface area contributed by atoms with E-state index in [0.29, 0.717) is 6.54 Å². The number of nitrogens with zero attached hydrogens (tertiary/aromatic N) is 2. The number of carbonyl (C=O) groups excluding carboxylic acids is 1. The molecule has 4 aromatic rings. The molecule has 6 heteroatoms. The molecule has 4 rings (SSSR count). The average Bonchev–Trinajstić information content (AvgIpc) is 2.74. The quantitative estimate of drug-likeness (QED) is 0.443. The third-order valence-corrected chi connectivity index (χ3v) is 4.50. The fourth-order valence-electron chi connectivity index (χ4n) is 3.02. The molecule has 0 aliphatic carbocycles. The minimum atomic E-state index is -0.277. The number of carbonyl (C=O) groups is 1. The van der Waals surface area contributed by atoms with E-state index in [1.54, 1.807) is 6.33 Å². The van der Waals surface area contributed by atoms with Crippen LogP contribution in [0.25, 0.3) is 10.9 Å². The summed E-state index contributed by atoms with van der Waals surface area (Å²) in [4.78, 5) is 20.9. The number of benzene rings is 3. The molecule has 6 nitrogen and oxygen atoms in total. The van der Waals surface area contributed by atoms with Crippen molar-refractivity contribution in [3.8, 4) is 0 Å². The summed E-state index contributed by atoms with van der Waals surface area (Å²) in [5.74, 6) is 0.783. The van der Waals surface area contributed by atoms with Gasteiger partial charge in [-0.25, -0.2) is 14.8 Å². The van der Waals surface area contributed by atoms with Gasteiger partial charge in [0.25, 0.3) is 0 Å². The summed E-state index contributed by atoms with van der Waals surface area (Å²) in [6.07, 6.45) is 1.55. The molecule has 0 aliphatic rings. The molecule has 0 unspecified atom stereocenters. The van der Waals surface area contributed by atoms with E-state index in [4.69, 9.17) is 0 Å². The molecule has 0 fully saturated rings. The fourth-order valence-corrected chi connectivity index (χ4v) is 3.02. The Labute approximate surface area is 169 Å². The van der Waals surface area contributed by atoms with E-state index in [1.807, 2.05) is 79.7 Å². The van der Waals surface area contributed by atoms with Crippen molar-refractivity contribution in [1.82, 2.24) is 9.97 Å². The lowest BCUT2D eigenvalue weighted by molar-refractivity contribution is 0.262. The van der Waals surface area contributed by atoms with Crippen LogP contribution in [0.2, 0.25) is 0 Å². The van der Waals surface area contributed by atoms with E-state index in [1.165, 1.54) is 0 Å². The minimum absolute atomic E-state index is 0.277. The molecule has 0 atom stereocenters. The molecule has 0 saturated heterocycles. The van der Waals surface area contributed by atoms with E-state index < -0.39 is 0 Å². The first kappa shape index (κ1) is 18.4. The van der Waals surface area contributed by atoms with Crippen molar-refractivity contribution in [3.63, 3.8) is 0 Å². The molecule has 1 heterocycles. The maximum absolute atomic E-state index is 12.2. The SMILES string of the molecule is Cc1ccc(NC(=O)Nc2cccc(CNc3ncnc4ccccc34)c2)cc1. The minimum Gasteiger partial charge on any atom is -0.365 e. The van der Waals surface area contributed by atoms with E-state index in [-0.39, 0.29) is 6.03 Å². The summed E-state index contributed by atoms with van der Waals surface area (Å²) in [5, 5.41) is 10.0. The van der Waals surface area contributed by atoms with Crippen LogP contribution in [0.1, 0.15) is 11.1 Å². The molecule has 3 aromatic carbocycles. The van der Waals surface area contributed by atoms with Crippen molar-refractivity contribution in [2.24, 2.45) is 0 Å². The molecule has 2 amide bonds. The molecule has 0 radical (unpaired) electrons. The zero-order valence-electron chi connectivity index (χ0n) is 16.0. The number of urea groups is 1. The Morgan fingerprint density at radius 1 is 0.862 bits per heavy atom. The summed E-state index contributed by atoms with van der Waals surface area (Å²) in [6, 6.07) is 23.0. The lowest BCUT2D eigenvalue weighted by Crippen LogP contribution is -2.19. The van der Waals surface area contributed by atoms with Crippen molar-refractivity contribution in [1.29, 1.82) is 0 Å². The van der Waals surface area contributed by atoms with Gasteiger partial charge >= 0.3 is 6.03 Å². The van der Waals surface area contributed by atoms with Gasteiger partial charge in [0.2, 0.25) is 0 Å².